The Bertz CT molecular complexity index is 175. The van der Waals surface area contributed by atoms with Crippen LogP contribution >= 0.6 is 0 Å². The molecule has 0 atom stereocenters. The highest BCUT2D eigenvalue weighted by Gasteiger charge is 1.80. The van der Waals surface area contributed by atoms with Crippen molar-refractivity contribution in [3.05, 3.63) is 37.8 Å². The number of imidazole rings is 1. The molecule has 0 aliphatic carbocycles. The minimum Gasteiger partial charge on any atom is -0.334 e. The highest BCUT2D eigenvalue weighted by Crippen LogP contribution is 1.85. The Hall–Kier alpha value is -1.05. The lowest BCUT2D eigenvalue weighted by molar-refractivity contribution is 0.820. The topological polar surface area (TPSA) is 17.8 Å². The van der Waals surface area contributed by atoms with Crippen LogP contribution in [0.3, 0.4) is 0 Å². The zero-order chi connectivity index (χ0) is 6.53. The minimum atomic E-state index is 0.865. The van der Waals surface area contributed by atoms with Gasteiger partial charge in [0.2, 0.25) is 0 Å². The van der Waals surface area contributed by atoms with E-state index >= 15 is 0 Å². The maximum atomic E-state index is 3.88. The van der Waals surface area contributed by atoms with Crippen LogP contribution in [0.1, 0.15) is 0 Å². The van der Waals surface area contributed by atoms with E-state index in [0.717, 1.165) is 6.54 Å². The third kappa shape index (κ3) is 1.72. The summed E-state index contributed by atoms with van der Waals surface area (Å²) in [5, 5.41) is 0. The molecule has 1 radical (unpaired) electrons. The first kappa shape index (κ1) is 6.08. The first-order valence-electron chi connectivity index (χ1n) is 2.83. The van der Waals surface area contributed by atoms with E-state index in [0.29, 0.717) is 0 Å². The Balaban J connectivity index is 2.48. The molecule has 0 N–H and O–H groups in total. The molecule has 0 bridgehead atoms. The van der Waals surface area contributed by atoms with Crippen LogP contribution in [0, 0.1) is 6.92 Å². The molecule has 0 aliphatic heterocycles. The first-order chi connectivity index (χ1) is 4.43. The number of rotatable bonds is 2. The summed E-state index contributed by atoms with van der Waals surface area (Å²) in [7, 11) is 0. The Morgan fingerprint density at radius 2 is 2.56 bits per heavy atom. The van der Waals surface area contributed by atoms with Gasteiger partial charge >= 0.3 is 0 Å². The fraction of sp³-hybridized carbons (Fsp3) is 0.143. The van der Waals surface area contributed by atoms with Crippen molar-refractivity contribution in [1.82, 2.24) is 9.55 Å². The normalized spacial score (nSPS) is 10.8. The smallest absolute Gasteiger partial charge is 0.0948 e. The molecule has 47 valence electrons. The van der Waals surface area contributed by atoms with Crippen LogP contribution in [0.25, 0.3) is 0 Å². The molecule has 0 fully saturated rings. The Kier molecular flexibility index (Phi) is 2.07. The third-order valence-electron chi connectivity index (χ3n) is 1.04. The fourth-order valence-corrected chi connectivity index (χ4v) is 0.591. The summed E-state index contributed by atoms with van der Waals surface area (Å²) in [6.45, 7) is 4.44. The van der Waals surface area contributed by atoms with Gasteiger partial charge in [-0.2, -0.15) is 0 Å². The van der Waals surface area contributed by atoms with Gasteiger partial charge in [-0.3, -0.25) is 0 Å². The van der Waals surface area contributed by atoms with Gasteiger partial charge in [0.05, 0.1) is 6.33 Å². The molecule has 0 aromatic carbocycles. The van der Waals surface area contributed by atoms with Crippen molar-refractivity contribution >= 4 is 0 Å². The molecule has 2 nitrogen and oxygen atoms in total. The van der Waals surface area contributed by atoms with Gasteiger partial charge < -0.3 is 4.57 Å². The molecular weight excluding hydrogens is 112 g/mol. The number of nitrogens with zero attached hydrogens (tertiary/aromatic N) is 2. The van der Waals surface area contributed by atoms with Crippen molar-refractivity contribution in [3.8, 4) is 0 Å². The molecule has 0 aliphatic rings. The molecule has 9 heavy (non-hydrogen) atoms. The molecule has 1 aromatic rings. The van der Waals surface area contributed by atoms with Gasteiger partial charge in [-0.25, -0.2) is 4.98 Å². The van der Waals surface area contributed by atoms with E-state index < -0.39 is 0 Å². The van der Waals surface area contributed by atoms with Crippen LogP contribution in [-0.2, 0) is 6.54 Å². The molecule has 0 saturated heterocycles. The van der Waals surface area contributed by atoms with Crippen molar-refractivity contribution in [2.45, 2.75) is 6.54 Å². The number of hydrogen-bond donors (Lipinski definition) is 0. The molecule has 0 amide bonds. The van der Waals surface area contributed by atoms with Gasteiger partial charge in [-0.1, -0.05) is 12.2 Å². The van der Waals surface area contributed by atoms with Crippen LogP contribution in [-0.4, -0.2) is 9.55 Å². The predicted molar refractivity (Wildman–Crippen MR) is 36.7 cm³/mol. The fourth-order valence-electron chi connectivity index (χ4n) is 0.591. The summed E-state index contributed by atoms with van der Waals surface area (Å²) >= 11 is 0. The van der Waals surface area contributed by atoms with E-state index in [1.165, 1.54) is 0 Å². The van der Waals surface area contributed by atoms with E-state index in [9.17, 15) is 0 Å². The minimum absolute atomic E-state index is 0.865. The van der Waals surface area contributed by atoms with Crippen LogP contribution in [0.2, 0.25) is 0 Å². The van der Waals surface area contributed by atoms with E-state index in [-0.39, 0.29) is 0 Å². The van der Waals surface area contributed by atoms with E-state index in [1.807, 2.05) is 16.8 Å². The second kappa shape index (κ2) is 3.07. The lowest BCUT2D eigenvalue weighted by Crippen LogP contribution is -1.88. The molecule has 2 heteroatoms. The van der Waals surface area contributed by atoms with Crippen molar-refractivity contribution in [1.29, 1.82) is 0 Å². The van der Waals surface area contributed by atoms with Gasteiger partial charge in [0.25, 0.3) is 0 Å². The Morgan fingerprint density at radius 3 is 3.11 bits per heavy atom. The van der Waals surface area contributed by atoms with Crippen molar-refractivity contribution in [3.63, 3.8) is 0 Å². The van der Waals surface area contributed by atoms with Crippen LogP contribution in [0.5, 0.6) is 0 Å². The molecule has 1 aromatic heterocycles. The van der Waals surface area contributed by atoms with Gasteiger partial charge in [-0.05, 0) is 6.92 Å². The summed E-state index contributed by atoms with van der Waals surface area (Å²) in [5.41, 5.74) is 0. The highest BCUT2D eigenvalue weighted by atomic mass is 15.0. The molecule has 1 heterocycles. The molecule has 0 saturated carbocycles. The van der Waals surface area contributed by atoms with Crippen LogP contribution in [0.4, 0.5) is 0 Å². The average molecular weight is 121 g/mol. The van der Waals surface area contributed by atoms with Gasteiger partial charge in [0, 0.05) is 18.9 Å². The quantitative estimate of drug-likeness (QED) is 0.576. The summed E-state index contributed by atoms with van der Waals surface area (Å²) in [4.78, 5) is 3.88. The lowest BCUT2D eigenvalue weighted by atomic mass is 10.5. The largest absolute Gasteiger partial charge is 0.334 e. The summed E-state index contributed by atoms with van der Waals surface area (Å²) in [5.74, 6) is 0. The first-order valence-corrected chi connectivity index (χ1v) is 2.83. The lowest BCUT2D eigenvalue weighted by Gasteiger charge is -1.91. The van der Waals surface area contributed by atoms with Gasteiger partial charge in [-0.15, -0.1) is 0 Å². The summed E-state index contributed by atoms with van der Waals surface area (Å²) in [6, 6.07) is 0. The molecule has 0 unspecified atom stereocenters. The number of aromatic nitrogens is 2. The summed E-state index contributed by atoms with van der Waals surface area (Å²) in [6.07, 6.45) is 9.21. The molecule has 1 rings (SSSR count). The number of allylic oxidation sites excluding steroid dienone is 2. The second-order valence-corrected chi connectivity index (χ2v) is 1.73. The van der Waals surface area contributed by atoms with Gasteiger partial charge in [0.1, 0.15) is 0 Å². The second-order valence-electron chi connectivity index (χ2n) is 1.73. The molecular formula is C7H9N2. The zero-order valence-electron chi connectivity index (χ0n) is 5.20. The molecule has 0 spiro atoms. The van der Waals surface area contributed by atoms with Crippen molar-refractivity contribution < 1.29 is 0 Å². The SMILES string of the molecule is [CH2]C=CCn1ccnc1. The average Bonchev–Trinajstić information content (AvgIpc) is 2.34. The maximum Gasteiger partial charge on any atom is 0.0948 e. The Morgan fingerprint density at radius 1 is 1.67 bits per heavy atom. The van der Waals surface area contributed by atoms with Crippen molar-refractivity contribution in [2.75, 3.05) is 0 Å². The monoisotopic (exact) mass is 121 g/mol. The van der Waals surface area contributed by atoms with E-state index in [4.69, 9.17) is 0 Å². The maximum absolute atomic E-state index is 3.88. The van der Waals surface area contributed by atoms with Crippen LogP contribution in [0.15, 0.2) is 30.9 Å². The van der Waals surface area contributed by atoms with Crippen LogP contribution < -0.4 is 0 Å². The summed E-state index contributed by atoms with van der Waals surface area (Å²) < 4.78 is 1.97. The predicted octanol–water partition coefficient (Wildman–Crippen LogP) is 1.27. The Labute approximate surface area is 54.8 Å². The highest BCUT2D eigenvalue weighted by molar-refractivity contribution is 4.86. The van der Waals surface area contributed by atoms with Crippen molar-refractivity contribution in [2.24, 2.45) is 0 Å². The van der Waals surface area contributed by atoms with Gasteiger partial charge in [0.15, 0.2) is 0 Å². The number of hydrogen-bond acceptors (Lipinski definition) is 1. The van der Waals surface area contributed by atoms with E-state index in [1.54, 1.807) is 18.6 Å². The zero-order valence-corrected chi connectivity index (χ0v) is 5.20. The standard InChI is InChI=1S/C7H9N2/c1-2-3-5-9-6-4-8-7-9/h2-4,6-7H,1,5H2. The van der Waals surface area contributed by atoms with E-state index in [2.05, 4.69) is 11.9 Å². The third-order valence-corrected chi connectivity index (χ3v) is 1.04.